The molecule has 4 unspecified atom stereocenters. The van der Waals surface area contributed by atoms with Crippen LogP contribution in [0.4, 0.5) is 0 Å². The molecule has 2 aromatic heterocycles. The molecule has 2 saturated carbocycles. The molecule has 4 aliphatic carbocycles. The summed E-state index contributed by atoms with van der Waals surface area (Å²) in [4.78, 5) is 13.7. The van der Waals surface area contributed by atoms with Gasteiger partial charge in [0.25, 0.3) is 0 Å². The average Bonchev–Trinajstić information content (AvgIpc) is 3.44. The molecule has 2 fully saturated rings. The van der Waals surface area contributed by atoms with Gasteiger partial charge in [0, 0.05) is 18.6 Å². The molecule has 4 heteroatoms. The van der Waals surface area contributed by atoms with Crippen LogP contribution in [-0.4, -0.2) is 15.7 Å². The van der Waals surface area contributed by atoms with Crippen LogP contribution in [-0.2, 0) is 20.1 Å². The van der Waals surface area contributed by atoms with E-state index in [1.54, 1.807) is 5.57 Å². The fourth-order valence-corrected chi connectivity index (χ4v) is 8.61. The molecule has 4 heterocycles. The second-order valence-electron chi connectivity index (χ2n) is 13.9. The molecule has 252 valence electrons. The molecule has 0 saturated heterocycles. The van der Waals surface area contributed by atoms with Gasteiger partial charge in [-0.15, -0.1) is 108 Å². The fraction of sp³-hybridized carbons (Fsp3) is 0.146. The van der Waals surface area contributed by atoms with E-state index >= 15 is 0 Å². The Morgan fingerprint density at radius 2 is 1.13 bits per heavy atom. The molecule has 3 nitrogen and oxygen atoms in total. The third-order valence-corrected chi connectivity index (χ3v) is 11.3. The molecule has 0 N–H and O–H groups in total. The first-order valence-electron chi connectivity index (χ1n) is 17.8. The van der Waals surface area contributed by atoms with E-state index < -0.39 is 0 Å². The molecule has 7 aromatic rings. The Labute approximate surface area is 319 Å². The molecule has 5 aromatic carbocycles. The molecule has 4 atom stereocenters. The van der Waals surface area contributed by atoms with Gasteiger partial charge in [-0.2, -0.15) is 0 Å². The Hall–Kier alpha value is -5.28. The van der Waals surface area contributed by atoms with Crippen molar-refractivity contribution in [3.63, 3.8) is 0 Å². The Balaban J connectivity index is 0.000000111. The van der Waals surface area contributed by atoms with Crippen LogP contribution in [0.1, 0.15) is 25.3 Å². The standard InChI is InChI=1S/C18H16N.2C15H10N.Ir/c1-18-13-7-12-8-16(18)17(11-5-3-2-4-6-11)19-10-14(12)15(18)9-13;2*1-2-7-13(8-3-1)15-14-9-5-4-6-12(14)10-11-16-15;/h2-5,8,10,13,15-16H,7,9H2,1H3;2*1-7,9-11H;/q3*-1;+3. The monoisotopic (exact) mass is 847 g/mol. The van der Waals surface area contributed by atoms with Crippen LogP contribution in [0.3, 0.4) is 0 Å². The van der Waals surface area contributed by atoms with Crippen molar-refractivity contribution in [2.45, 2.75) is 19.8 Å². The molecule has 0 amide bonds. The minimum atomic E-state index is 0. The van der Waals surface area contributed by atoms with Crippen LogP contribution >= 0.6 is 0 Å². The summed E-state index contributed by atoms with van der Waals surface area (Å²) in [5.74, 6) is 2.15. The van der Waals surface area contributed by atoms with E-state index in [0.29, 0.717) is 11.3 Å². The van der Waals surface area contributed by atoms with Gasteiger partial charge >= 0.3 is 20.1 Å². The van der Waals surface area contributed by atoms with Crippen molar-refractivity contribution in [2.75, 3.05) is 0 Å². The zero-order chi connectivity index (χ0) is 34.2. The molecule has 0 radical (unpaired) electrons. The second kappa shape index (κ2) is 14.4. The quantitative estimate of drug-likeness (QED) is 0.166. The van der Waals surface area contributed by atoms with Crippen LogP contribution < -0.4 is 0 Å². The van der Waals surface area contributed by atoms with Gasteiger partial charge in [-0.3, -0.25) is 0 Å². The summed E-state index contributed by atoms with van der Waals surface area (Å²) >= 11 is 0. The maximum Gasteiger partial charge on any atom is 3.00 e. The average molecular weight is 847 g/mol. The Kier molecular flexibility index (Phi) is 9.36. The van der Waals surface area contributed by atoms with E-state index in [1.807, 2.05) is 109 Å². The number of hydrogen-bond donors (Lipinski definition) is 0. The zero-order valence-electron chi connectivity index (χ0n) is 28.8. The van der Waals surface area contributed by atoms with E-state index in [-0.39, 0.29) is 20.1 Å². The van der Waals surface area contributed by atoms with Gasteiger partial charge in [-0.05, 0) is 97.9 Å². The molecule has 52 heavy (non-hydrogen) atoms. The van der Waals surface area contributed by atoms with Crippen molar-refractivity contribution in [2.24, 2.45) is 28.2 Å². The number of pyridine rings is 2. The van der Waals surface area contributed by atoms with Crippen molar-refractivity contribution in [1.29, 1.82) is 0 Å². The van der Waals surface area contributed by atoms with Crippen molar-refractivity contribution in [3.05, 3.63) is 193 Å². The van der Waals surface area contributed by atoms with Gasteiger partial charge in [0.15, 0.2) is 0 Å². The topological polar surface area (TPSA) is 38.1 Å². The number of allylic oxidation sites excluding steroid dienone is 3. The number of nitrogens with zero attached hydrogens (tertiary/aromatic N) is 3. The number of rotatable bonds is 3. The molecule has 2 aliphatic heterocycles. The van der Waals surface area contributed by atoms with Crippen molar-refractivity contribution >= 4 is 27.3 Å². The molecule has 13 rings (SSSR count). The van der Waals surface area contributed by atoms with Crippen molar-refractivity contribution < 1.29 is 20.1 Å². The van der Waals surface area contributed by atoms with E-state index in [4.69, 9.17) is 4.99 Å². The van der Waals surface area contributed by atoms with Gasteiger partial charge in [0.05, 0.1) is 0 Å². The SMILES string of the molecule is CC12C3CC4=CC1C(c1[c-]cccc1)=NC=C4C2C3.[Ir+3].[c-]1ccccc1-c1nccc2ccccc12.[c-]1ccccc1-c1nccc2ccccc12. The first kappa shape index (κ1) is 33.8. The minimum absolute atomic E-state index is 0. The Morgan fingerprint density at radius 3 is 1.67 bits per heavy atom. The predicted octanol–water partition coefficient (Wildman–Crippen LogP) is 11.2. The number of benzene rings is 5. The first-order chi connectivity index (χ1) is 25.2. The van der Waals surface area contributed by atoms with Gasteiger partial charge in [0.2, 0.25) is 0 Å². The molecule has 0 spiro atoms. The van der Waals surface area contributed by atoms with Gasteiger partial charge in [0.1, 0.15) is 0 Å². The van der Waals surface area contributed by atoms with Gasteiger partial charge in [-0.1, -0.05) is 61.5 Å². The number of fused-ring (bicyclic) bond motifs is 3. The van der Waals surface area contributed by atoms with Crippen molar-refractivity contribution in [1.82, 2.24) is 9.97 Å². The summed E-state index contributed by atoms with van der Waals surface area (Å²) in [6, 6.07) is 54.5. The van der Waals surface area contributed by atoms with Crippen LogP contribution in [0.25, 0.3) is 44.1 Å². The Morgan fingerprint density at radius 1 is 0.615 bits per heavy atom. The summed E-state index contributed by atoms with van der Waals surface area (Å²) in [5.41, 5.74) is 10.0. The van der Waals surface area contributed by atoms with E-state index in [9.17, 15) is 0 Å². The fourth-order valence-electron chi connectivity index (χ4n) is 8.61. The zero-order valence-corrected chi connectivity index (χ0v) is 31.2. The minimum Gasteiger partial charge on any atom is -0.308 e. The maximum atomic E-state index is 4.85. The van der Waals surface area contributed by atoms with Crippen LogP contribution in [0.2, 0.25) is 0 Å². The molecular formula is C48H36IrN3. The Bertz CT molecular complexity index is 2330. The number of aliphatic imine (C=N–C) groups is 1. The van der Waals surface area contributed by atoms with Crippen LogP contribution in [0.5, 0.6) is 0 Å². The summed E-state index contributed by atoms with van der Waals surface area (Å²) in [6.07, 6.45) is 11.0. The van der Waals surface area contributed by atoms with Crippen LogP contribution in [0.15, 0.2) is 174 Å². The summed E-state index contributed by atoms with van der Waals surface area (Å²) in [5, 5.41) is 4.77. The summed E-state index contributed by atoms with van der Waals surface area (Å²) < 4.78 is 0. The number of hydrogen-bond acceptors (Lipinski definition) is 3. The van der Waals surface area contributed by atoms with Gasteiger partial charge < -0.3 is 15.0 Å². The van der Waals surface area contributed by atoms with Crippen molar-refractivity contribution in [3.8, 4) is 22.5 Å². The number of aromatic nitrogens is 2. The van der Waals surface area contributed by atoms with E-state index in [1.165, 1.54) is 51.2 Å². The second-order valence-corrected chi connectivity index (χ2v) is 13.9. The third-order valence-electron chi connectivity index (χ3n) is 11.3. The normalized spacial score (nSPS) is 21.5. The molecule has 6 aliphatic rings. The predicted molar refractivity (Wildman–Crippen MR) is 208 cm³/mol. The van der Waals surface area contributed by atoms with E-state index in [0.717, 1.165) is 34.4 Å². The summed E-state index contributed by atoms with van der Waals surface area (Å²) in [7, 11) is 0. The van der Waals surface area contributed by atoms with E-state index in [2.05, 4.69) is 83.8 Å². The van der Waals surface area contributed by atoms with Gasteiger partial charge in [-0.25, -0.2) is 0 Å². The largest absolute Gasteiger partial charge is 3.00 e. The summed E-state index contributed by atoms with van der Waals surface area (Å²) in [6.45, 7) is 2.49. The smallest absolute Gasteiger partial charge is 0.308 e. The molecule has 6 bridgehead atoms. The first-order valence-corrected chi connectivity index (χ1v) is 17.8. The third kappa shape index (κ3) is 5.96. The molecular weight excluding hydrogens is 811 g/mol. The maximum absolute atomic E-state index is 4.85. The van der Waals surface area contributed by atoms with Crippen LogP contribution in [0, 0.1) is 41.4 Å².